The molecule has 0 bridgehead atoms. The van der Waals surface area contributed by atoms with Gasteiger partial charge >= 0.3 is 0 Å². The smallest absolute Gasteiger partial charge is 0.243 e. The predicted octanol–water partition coefficient (Wildman–Crippen LogP) is -0.511. The largest absolute Gasteiger partial charge is 0.357 e. The highest BCUT2D eigenvalue weighted by molar-refractivity contribution is 5.85. The van der Waals surface area contributed by atoms with Crippen molar-refractivity contribution in [3.8, 4) is 6.07 Å². The van der Waals surface area contributed by atoms with Gasteiger partial charge in [0.1, 0.15) is 17.7 Å². The van der Waals surface area contributed by atoms with Gasteiger partial charge in [-0.1, -0.05) is 0 Å². The molecule has 106 valence electrons. The van der Waals surface area contributed by atoms with Crippen molar-refractivity contribution in [1.29, 1.82) is 5.26 Å². The lowest BCUT2D eigenvalue weighted by Crippen LogP contribution is -2.58. The molecule has 20 heavy (non-hydrogen) atoms. The SMILES string of the molecule is CNC(=O)C1CNCCN1c1nnc(C)c(C)c1C#N. The van der Waals surface area contributed by atoms with Crippen LogP contribution in [0.15, 0.2) is 0 Å². The van der Waals surface area contributed by atoms with Crippen LogP contribution in [0.2, 0.25) is 0 Å². The highest BCUT2D eigenvalue weighted by Crippen LogP contribution is 2.23. The Balaban J connectivity index is 2.46. The van der Waals surface area contributed by atoms with Crippen LogP contribution < -0.4 is 15.5 Å². The number of piperazine rings is 1. The second-order valence-electron chi connectivity index (χ2n) is 4.75. The van der Waals surface area contributed by atoms with Crippen molar-refractivity contribution in [2.75, 3.05) is 31.6 Å². The number of hydrogen-bond acceptors (Lipinski definition) is 6. The van der Waals surface area contributed by atoms with E-state index in [0.717, 1.165) is 17.8 Å². The Bertz CT molecular complexity index is 565. The summed E-state index contributed by atoms with van der Waals surface area (Å²) in [7, 11) is 1.60. The van der Waals surface area contributed by atoms with E-state index in [1.807, 2.05) is 18.7 Å². The van der Waals surface area contributed by atoms with E-state index in [1.54, 1.807) is 7.05 Å². The van der Waals surface area contributed by atoms with Crippen molar-refractivity contribution < 1.29 is 4.79 Å². The van der Waals surface area contributed by atoms with Gasteiger partial charge in [-0.25, -0.2) is 0 Å². The molecule has 2 rings (SSSR count). The van der Waals surface area contributed by atoms with Crippen molar-refractivity contribution in [1.82, 2.24) is 20.8 Å². The number of likely N-dealkylation sites (N-methyl/N-ethyl adjacent to an activating group) is 1. The van der Waals surface area contributed by atoms with Crippen molar-refractivity contribution in [3.63, 3.8) is 0 Å². The minimum Gasteiger partial charge on any atom is -0.357 e. The summed E-state index contributed by atoms with van der Waals surface area (Å²) >= 11 is 0. The predicted molar refractivity (Wildman–Crippen MR) is 74.3 cm³/mol. The zero-order chi connectivity index (χ0) is 14.7. The Kier molecular flexibility index (Phi) is 4.15. The molecule has 2 N–H and O–H groups in total. The average molecular weight is 274 g/mol. The lowest BCUT2D eigenvalue weighted by Gasteiger charge is -2.36. The summed E-state index contributed by atoms with van der Waals surface area (Å²) in [5.41, 5.74) is 2.04. The third-order valence-corrected chi connectivity index (χ3v) is 3.61. The Morgan fingerprint density at radius 1 is 1.50 bits per heavy atom. The van der Waals surface area contributed by atoms with Gasteiger partial charge < -0.3 is 15.5 Å². The number of carbonyl (C=O) groups excluding carboxylic acids is 1. The molecule has 1 aliphatic rings. The van der Waals surface area contributed by atoms with Crippen molar-refractivity contribution >= 4 is 11.7 Å². The molecule has 1 atom stereocenters. The fourth-order valence-corrected chi connectivity index (χ4v) is 2.29. The molecule has 1 aliphatic heterocycles. The van der Waals surface area contributed by atoms with Gasteiger partial charge in [0.2, 0.25) is 5.91 Å². The van der Waals surface area contributed by atoms with Crippen LogP contribution in [0.25, 0.3) is 0 Å². The van der Waals surface area contributed by atoms with Gasteiger partial charge in [-0.2, -0.15) is 10.4 Å². The molecule has 0 aromatic carbocycles. The summed E-state index contributed by atoms with van der Waals surface area (Å²) in [6.07, 6.45) is 0. The van der Waals surface area contributed by atoms with Crippen LogP contribution >= 0.6 is 0 Å². The van der Waals surface area contributed by atoms with Crippen LogP contribution in [0.4, 0.5) is 5.82 Å². The molecule has 1 amide bonds. The third-order valence-electron chi connectivity index (χ3n) is 3.61. The number of carbonyl (C=O) groups is 1. The van der Waals surface area contributed by atoms with Crippen LogP contribution in [0.3, 0.4) is 0 Å². The first-order valence-corrected chi connectivity index (χ1v) is 6.53. The second-order valence-corrected chi connectivity index (χ2v) is 4.75. The first-order chi connectivity index (χ1) is 9.60. The molecule has 0 saturated carbocycles. The number of nitrogens with one attached hydrogen (secondary N) is 2. The van der Waals surface area contributed by atoms with Gasteiger partial charge in [-0.15, -0.1) is 5.10 Å². The summed E-state index contributed by atoms with van der Waals surface area (Å²) in [5.74, 6) is 0.395. The van der Waals surface area contributed by atoms with Gasteiger partial charge in [0.25, 0.3) is 0 Å². The van der Waals surface area contributed by atoms with E-state index in [2.05, 4.69) is 26.9 Å². The minimum absolute atomic E-state index is 0.0962. The highest BCUT2D eigenvalue weighted by Gasteiger charge is 2.31. The summed E-state index contributed by atoms with van der Waals surface area (Å²) < 4.78 is 0. The Labute approximate surface area is 118 Å². The van der Waals surface area contributed by atoms with E-state index in [-0.39, 0.29) is 11.9 Å². The minimum atomic E-state index is -0.378. The van der Waals surface area contributed by atoms with Gasteiger partial charge in [-0.3, -0.25) is 4.79 Å². The monoisotopic (exact) mass is 274 g/mol. The number of nitrogens with zero attached hydrogens (tertiary/aromatic N) is 4. The fourth-order valence-electron chi connectivity index (χ4n) is 2.29. The van der Waals surface area contributed by atoms with Crippen molar-refractivity contribution in [2.45, 2.75) is 19.9 Å². The van der Waals surface area contributed by atoms with Crippen molar-refractivity contribution in [2.24, 2.45) is 0 Å². The average Bonchev–Trinajstić information content (AvgIpc) is 2.49. The molecule has 7 nitrogen and oxygen atoms in total. The molecular weight excluding hydrogens is 256 g/mol. The highest BCUT2D eigenvalue weighted by atomic mass is 16.2. The molecular formula is C13H18N6O. The molecule has 0 radical (unpaired) electrons. The number of hydrogen-bond donors (Lipinski definition) is 2. The van der Waals surface area contributed by atoms with E-state index in [9.17, 15) is 10.1 Å². The van der Waals surface area contributed by atoms with E-state index in [0.29, 0.717) is 24.5 Å². The number of rotatable bonds is 2. The van der Waals surface area contributed by atoms with E-state index >= 15 is 0 Å². The molecule has 0 aliphatic carbocycles. The lowest BCUT2D eigenvalue weighted by molar-refractivity contribution is -0.122. The molecule has 1 saturated heterocycles. The van der Waals surface area contributed by atoms with Gasteiger partial charge in [0.15, 0.2) is 5.82 Å². The molecule has 1 aromatic heterocycles. The maximum Gasteiger partial charge on any atom is 0.243 e. The summed E-state index contributed by atoms with van der Waals surface area (Å²) in [6, 6.07) is 1.81. The zero-order valence-corrected chi connectivity index (χ0v) is 11.9. The van der Waals surface area contributed by atoms with Crippen LogP contribution in [0.1, 0.15) is 16.8 Å². The summed E-state index contributed by atoms with van der Waals surface area (Å²) in [4.78, 5) is 13.8. The Morgan fingerprint density at radius 3 is 2.90 bits per heavy atom. The second kappa shape index (κ2) is 5.84. The first kappa shape index (κ1) is 14.2. The van der Waals surface area contributed by atoms with Gasteiger partial charge in [-0.05, 0) is 19.4 Å². The van der Waals surface area contributed by atoms with Gasteiger partial charge in [0.05, 0.1) is 5.69 Å². The maximum absolute atomic E-state index is 12.0. The van der Waals surface area contributed by atoms with E-state index in [4.69, 9.17) is 0 Å². The number of aromatic nitrogens is 2. The number of anilines is 1. The zero-order valence-electron chi connectivity index (χ0n) is 11.9. The van der Waals surface area contributed by atoms with Gasteiger partial charge in [0, 0.05) is 26.7 Å². The fraction of sp³-hybridized carbons (Fsp3) is 0.538. The van der Waals surface area contributed by atoms with Crippen LogP contribution in [-0.4, -0.2) is 48.8 Å². The Hall–Kier alpha value is -2.20. The van der Waals surface area contributed by atoms with Crippen LogP contribution in [0.5, 0.6) is 0 Å². The van der Waals surface area contributed by atoms with Crippen molar-refractivity contribution in [3.05, 3.63) is 16.8 Å². The summed E-state index contributed by atoms with van der Waals surface area (Å²) in [6.45, 7) is 5.56. The van der Waals surface area contributed by atoms with Crippen LogP contribution in [-0.2, 0) is 4.79 Å². The number of amides is 1. The number of nitriles is 1. The molecule has 1 unspecified atom stereocenters. The lowest BCUT2D eigenvalue weighted by atomic mass is 10.1. The number of aryl methyl sites for hydroxylation is 1. The normalized spacial score (nSPS) is 18.5. The van der Waals surface area contributed by atoms with Crippen LogP contribution in [0, 0.1) is 25.2 Å². The first-order valence-electron chi connectivity index (χ1n) is 6.53. The standard InChI is InChI=1S/C13H18N6O/c1-8-9(2)17-18-12(10(8)6-14)19-5-4-16-7-11(19)13(20)15-3/h11,16H,4-5,7H2,1-3H3,(H,15,20). The molecule has 1 aromatic rings. The van der Waals surface area contributed by atoms with E-state index in [1.165, 1.54) is 0 Å². The quantitative estimate of drug-likeness (QED) is 0.754. The van der Waals surface area contributed by atoms with E-state index < -0.39 is 0 Å². The Morgan fingerprint density at radius 2 is 2.25 bits per heavy atom. The topological polar surface area (TPSA) is 93.9 Å². The molecule has 0 spiro atoms. The third kappa shape index (κ3) is 2.42. The summed E-state index contributed by atoms with van der Waals surface area (Å²) in [5, 5.41) is 23.4. The molecule has 7 heteroatoms. The molecule has 1 fully saturated rings. The maximum atomic E-state index is 12.0. The molecule has 2 heterocycles.